The monoisotopic (exact) mass is 293 g/mol. The van der Waals surface area contributed by atoms with E-state index in [0.717, 1.165) is 22.9 Å². The highest BCUT2D eigenvalue weighted by atomic mass is 32.2. The van der Waals surface area contributed by atoms with Crippen LogP contribution in [0.3, 0.4) is 0 Å². The Morgan fingerprint density at radius 2 is 2.00 bits per heavy atom. The van der Waals surface area contributed by atoms with Crippen LogP contribution in [-0.4, -0.2) is 10.7 Å². The van der Waals surface area contributed by atoms with E-state index in [2.05, 4.69) is 23.2 Å². The number of thioether (sulfide) groups is 1. The van der Waals surface area contributed by atoms with Crippen molar-refractivity contribution in [2.75, 3.05) is 5.75 Å². The molecule has 21 heavy (non-hydrogen) atoms. The van der Waals surface area contributed by atoms with E-state index in [4.69, 9.17) is 0 Å². The molecule has 0 aliphatic carbocycles. The van der Waals surface area contributed by atoms with Crippen LogP contribution in [0.15, 0.2) is 58.2 Å². The van der Waals surface area contributed by atoms with Crippen molar-refractivity contribution in [2.24, 2.45) is 0 Å². The van der Waals surface area contributed by atoms with Crippen molar-refractivity contribution in [2.45, 2.75) is 17.7 Å². The molecule has 104 valence electrons. The zero-order valence-electron chi connectivity index (χ0n) is 11.6. The number of para-hydroxylation sites is 1. The molecule has 1 aromatic heterocycles. The highest BCUT2D eigenvalue weighted by Crippen LogP contribution is 2.32. The second-order valence-electron chi connectivity index (χ2n) is 5.43. The maximum absolute atomic E-state index is 12.2. The third-order valence-electron chi connectivity index (χ3n) is 3.99. The van der Waals surface area contributed by atoms with Gasteiger partial charge in [-0.15, -0.1) is 11.8 Å². The van der Waals surface area contributed by atoms with Crippen LogP contribution in [0.1, 0.15) is 16.7 Å². The van der Waals surface area contributed by atoms with Crippen LogP contribution in [0, 0.1) is 0 Å². The molecule has 2 nitrogen and oxygen atoms in total. The largest absolute Gasteiger partial charge is 0.322 e. The lowest BCUT2D eigenvalue weighted by atomic mass is 10.0. The third kappa shape index (κ3) is 2.38. The summed E-state index contributed by atoms with van der Waals surface area (Å²) >= 11 is 1.91. The fourth-order valence-electron chi connectivity index (χ4n) is 2.86. The molecule has 0 fully saturated rings. The Morgan fingerprint density at radius 1 is 1.10 bits per heavy atom. The second kappa shape index (κ2) is 5.08. The van der Waals surface area contributed by atoms with Gasteiger partial charge in [-0.25, -0.2) is 0 Å². The molecule has 0 atom stereocenters. The number of aromatic nitrogens is 1. The SMILES string of the molecule is O=c1[nH]c2ccccc2cc1Cc1ccc2c(c1)SCC2. The van der Waals surface area contributed by atoms with Gasteiger partial charge >= 0.3 is 0 Å². The minimum absolute atomic E-state index is 0.0156. The first-order valence-corrected chi connectivity index (χ1v) is 8.14. The average Bonchev–Trinajstić information content (AvgIpc) is 2.95. The Morgan fingerprint density at radius 3 is 2.95 bits per heavy atom. The lowest BCUT2D eigenvalue weighted by Gasteiger charge is -2.06. The van der Waals surface area contributed by atoms with Crippen LogP contribution in [0.5, 0.6) is 0 Å². The van der Waals surface area contributed by atoms with Gasteiger partial charge < -0.3 is 4.98 Å². The second-order valence-corrected chi connectivity index (χ2v) is 6.57. The van der Waals surface area contributed by atoms with Gasteiger partial charge in [0.25, 0.3) is 5.56 Å². The van der Waals surface area contributed by atoms with Crippen LogP contribution in [-0.2, 0) is 12.8 Å². The number of H-pyrrole nitrogens is 1. The molecule has 1 N–H and O–H groups in total. The predicted octanol–water partition coefficient (Wildman–Crippen LogP) is 3.77. The smallest absolute Gasteiger partial charge is 0.251 e. The number of nitrogens with one attached hydrogen (secondary N) is 1. The molecule has 0 bridgehead atoms. The average molecular weight is 293 g/mol. The van der Waals surface area contributed by atoms with Gasteiger partial charge in [-0.2, -0.15) is 0 Å². The van der Waals surface area contributed by atoms with Crippen LogP contribution in [0.25, 0.3) is 10.9 Å². The first kappa shape index (κ1) is 12.7. The molecule has 3 heteroatoms. The summed E-state index contributed by atoms with van der Waals surface area (Å²) in [5.74, 6) is 1.18. The summed E-state index contributed by atoms with van der Waals surface area (Å²) in [5.41, 5.74) is 4.40. The fraction of sp³-hybridized carbons (Fsp3) is 0.167. The minimum atomic E-state index is 0.0156. The summed E-state index contributed by atoms with van der Waals surface area (Å²) in [7, 11) is 0. The zero-order valence-corrected chi connectivity index (χ0v) is 12.4. The van der Waals surface area contributed by atoms with E-state index >= 15 is 0 Å². The van der Waals surface area contributed by atoms with Gasteiger partial charge in [0.1, 0.15) is 0 Å². The Bertz CT molecular complexity index is 882. The number of hydrogen-bond donors (Lipinski definition) is 1. The van der Waals surface area contributed by atoms with Crippen molar-refractivity contribution in [3.05, 3.63) is 75.6 Å². The van der Waals surface area contributed by atoms with Crippen LogP contribution >= 0.6 is 11.8 Å². The number of fused-ring (bicyclic) bond motifs is 2. The van der Waals surface area contributed by atoms with E-state index in [9.17, 15) is 4.79 Å². The normalized spacial score (nSPS) is 13.5. The lowest BCUT2D eigenvalue weighted by molar-refractivity contribution is 1.08. The number of rotatable bonds is 2. The topological polar surface area (TPSA) is 32.9 Å². The maximum atomic E-state index is 12.2. The van der Waals surface area contributed by atoms with Gasteiger partial charge in [-0.3, -0.25) is 4.79 Å². The molecule has 1 aliphatic rings. The molecule has 0 saturated heterocycles. The van der Waals surface area contributed by atoms with Crippen molar-refractivity contribution >= 4 is 22.7 Å². The molecule has 4 rings (SSSR count). The van der Waals surface area contributed by atoms with Crippen molar-refractivity contribution in [3.8, 4) is 0 Å². The van der Waals surface area contributed by atoms with Crippen LogP contribution < -0.4 is 5.56 Å². The summed E-state index contributed by atoms with van der Waals surface area (Å²) in [6.45, 7) is 0. The maximum Gasteiger partial charge on any atom is 0.251 e. The quantitative estimate of drug-likeness (QED) is 0.780. The summed E-state index contributed by atoms with van der Waals surface area (Å²) in [4.78, 5) is 16.6. The van der Waals surface area contributed by atoms with E-state index in [0.29, 0.717) is 6.42 Å². The van der Waals surface area contributed by atoms with Crippen LogP contribution in [0.2, 0.25) is 0 Å². The van der Waals surface area contributed by atoms with E-state index in [1.165, 1.54) is 21.8 Å². The van der Waals surface area contributed by atoms with E-state index in [1.54, 1.807) is 0 Å². The van der Waals surface area contributed by atoms with Gasteiger partial charge in [0.15, 0.2) is 0 Å². The summed E-state index contributed by atoms with van der Waals surface area (Å²) in [6.07, 6.45) is 1.85. The number of pyridine rings is 1. The van der Waals surface area contributed by atoms with Crippen molar-refractivity contribution in [3.63, 3.8) is 0 Å². The lowest BCUT2D eigenvalue weighted by Crippen LogP contribution is -2.12. The van der Waals surface area contributed by atoms with E-state index in [-0.39, 0.29) is 5.56 Å². The minimum Gasteiger partial charge on any atom is -0.322 e. The number of hydrogen-bond acceptors (Lipinski definition) is 2. The van der Waals surface area contributed by atoms with Crippen molar-refractivity contribution in [1.82, 2.24) is 4.98 Å². The Hall–Kier alpha value is -2.00. The molecule has 0 spiro atoms. The van der Waals surface area contributed by atoms with E-state index in [1.807, 2.05) is 42.1 Å². The Balaban J connectivity index is 1.74. The van der Waals surface area contributed by atoms with Crippen LogP contribution in [0.4, 0.5) is 0 Å². The molecule has 2 heterocycles. The molecular formula is C18H15NOS. The van der Waals surface area contributed by atoms with Gasteiger partial charge in [0, 0.05) is 28.1 Å². The fourth-order valence-corrected chi connectivity index (χ4v) is 4.00. The van der Waals surface area contributed by atoms with Crippen molar-refractivity contribution < 1.29 is 0 Å². The van der Waals surface area contributed by atoms with Gasteiger partial charge in [0.2, 0.25) is 0 Å². The molecule has 0 amide bonds. The molecular weight excluding hydrogens is 278 g/mol. The van der Waals surface area contributed by atoms with Gasteiger partial charge in [0.05, 0.1) is 0 Å². The predicted molar refractivity (Wildman–Crippen MR) is 88.2 cm³/mol. The Kier molecular flexibility index (Phi) is 3.08. The first-order valence-electron chi connectivity index (χ1n) is 7.15. The number of benzene rings is 2. The summed E-state index contributed by atoms with van der Waals surface area (Å²) in [6, 6.07) is 16.5. The van der Waals surface area contributed by atoms with Crippen molar-refractivity contribution in [1.29, 1.82) is 0 Å². The molecule has 3 aromatic rings. The molecule has 0 radical (unpaired) electrons. The standard InChI is InChI=1S/C18H15NOS/c20-18-15(11-14-3-1-2-4-16(14)19-18)9-12-5-6-13-7-8-21-17(13)10-12/h1-6,10-11H,7-9H2,(H,19,20). The summed E-state index contributed by atoms with van der Waals surface area (Å²) in [5, 5.41) is 1.09. The molecule has 2 aromatic carbocycles. The zero-order chi connectivity index (χ0) is 14.2. The Labute approximate surface area is 127 Å². The highest BCUT2D eigenvalue weighted by molar-refractivity contribution is 7.99. The molecule has 1 aliphatic heterocycles. The highest BCUT2D eigenvalue weighted by Gasteiger charge is 2.12. The first-order chi connectivity index (χ1) is 10.3. The number of aromatic amines is 1. The molecule has 0 unspecified atom stereocenters. The number of aryl methyl sites for hydroxylation is 1. The molecule has 0 saturated carbocycles. The van der Waals surface area contributed by atoms with Gasteiger partial charge in [-0.1, -0.05) is 30.3 Å². The third-order valence-corrected chi connectivity index (χ3v) is 5.08. The summed E-state index contributed by atoms with van der Waals surface area (Å²) < 4.78 is 0. The van der Waals surface area contributed by atoms with Gasteiger partial charge in [-0.05, 0) is 41.1 Å². The van der Waals surface area contributed by atoms with E-state index < -0.39 is 0 Å².